The Morgan fingerprint density at radius 3 is 2.29 bits per heavy atom. The molecule has 0 aliphatic carbocycles. The molecule has 4 heteroatoms. The van der Waals surface area contributed by atoms with Crippen molar-refractivity contribution in [2.24, 2.45) is 0 Å². The molecule has 0 aromatic heterocycles. The molecule has 1 heterocycles. The number of ketones is 1. The van der Waals surface area contributed by atoms with E-state index in [0.29, 0.717) is 6.42 Å². The third kappa shape index (κ3) is 2.52. The van der Waals surface area contributed by atoms with Crippen LogP contribution in [0, 0.1) is 0 Å². The molecule has 0 saturated heterocycles. The van der Waals surface area contributed by atoms with Gasteiger partial charge in [0.05, 0.1) is 0 Å². The van der Waals surface area contributed by atoms with E-state index < -0.39 is 0 Å². The minimum Gasteiger partial charge on any atom is -0.300 e. The fourth-order valence-corrected chi connectivity index (χ4v) is 1.29. The molecule has 0 bridgehead atoms. The van der Waals surface area contributed by atoms with Crippen LogP contribution in [0.1, 0.15) is 26.2 Å². The van der Waals surface area contributed by atoms with Crippen molar-refractivity contribution in [3.63, 3.8) is 0 Å². The Kier molecular flexibility index (Phi) is 3.56. The van der Waals surface area contributed by atoms with Gasteiger partial charge in [-0.15, -0.1) is 0 Å². The summed E-state index contributed by atoms with van der Waals surface area (Å²) in [6.45, 7) is 2.13. The van der Waals surface area contributed by atoms with Crippen LogP contribution in [-0.2, 0) is 14.4 Å². The number of carbonyl (C=O) groups excluding carboxylic acids is 3. The molecule has 1 aliphatic heterocycles. The zero-order chi connectivity index (χ0) is 10.6. The quantitative estimate of drug-likeness (QED) is 0.606. The highest BCUT2D eigenvalue weighted by Gasteiger charge is 2.23. The van der Waals surface area contributed by atoms with Crippen LogP contribution in [0.15, 0.2) is 12.2 Å². The van der Waals surface area contributed by atoms with E-state index in [1.54, 1.807) is 0 Å². The molecule has 0 aromatic carbocycles. The Balaban J connectivity index is 2.35. The summed E-state index contributed by atoms with van der Waals surface area (Å²) in [4.78, 5) is 34.4. The molecule has 2 amide bonds. The molecule has 76 valence electrons. The second kappa shape index (κ2) is 4.69. The lowest BCUT2D eigenvalue weighted by molar-refractivity contribution is -0.137. The third-order valence-corrected chi connectivity index (χ3v) is 2.04. The summed E-state index contributed by atoms with van der Waals surface area (Å²) in [6, 6.07) is 0. The molecule has 14 heavy (non-hydrogen) atoms. The summed E-state index contributed by atoms with van der Waals surface area (Å²) >= 11 is 0. The number of carbonyl (C=O) groups is 3. The van der Waals surface area contributed by atoms with Crippen molar-refractivity contribution in [2.75, 3.05) is 6.54 Å². The number of imide groups is 1. The van der Waals surface area contributed by atoms with Gasteiger partial charge < -0.3 is 0 Å². The van der Waals surface area contributed by atoms with Gasteiger partial charge in [0.2, 0.25) is 0 Å². The average Bonchev–Trinajstić information content (AvgIpc) is 2.44. The number of hydrogen-bond donors (Lipinski definition) is 0. The minimum atomic E-state index is -0.320. The molecule has 0 fully saturated rings. The maximum atomic E-state index is 11.1. The second-order valence-corrected chi connectivity index (χ2v) is 3.20. The van der Waals surface area contributed by atoms with Gasteiger partial charge in [0.1, 0.15) is 5.78 Å². The predicted octanol–water partition coefficient (Wildman–Crippen LogP) is 0.671. The lowest BCUT2D eigenvalue weighted by Gasteiger charge is -2.12. The predicted molar refractivity (Wildman–Crippen MR) is 50.4 cm³/mol. The van der Waals surface area contributed by atoms with E-state index in [1.165, 1.54) is 12.2 Å². The fourth-order valence-electron chi connectivity index (χ4n) is 1.29. The summed E-state index contributed by atoms with van der Waals surface area (Å²) in [5.74, 6) is -0.543. The molecule has 1 aliphatic rings. The summed E-state index contributed by atoms with van der Waals surface area (Å²) < 4.78 is 0. The number of rotatable bonds is 5. The highest BCUT2D eigenvalue weighted by Crippen LogP contribution is 2.05. The van der Waals surface area contributed by atoms with Crippen molar-refractivity contribution in [3.05, 3.63) is 12.2 Å². The highest BCUT2D eigenvalue weighted by molar-refractivity contribution is 6.13. The molecule has 0 saturated carbocycles. The van der Waals surface area contributed by atoms with Crippen molar-refractivity contribution in [2.45, 2.75) is 26.2 Å². The maximum Gasteiger partial charge on any atom is 0.253 e. The van der Waals surface area contributed by atoms with Crippen molar-refractivity contribution in [1.29, 1.82) is 0 Å². The largest absolute Gasteiger partial charge is 0.300 e. The van der Waals surface area contributed by atoms with Gasteiger partial charge in [-0.05, 0) is 6.42 Å². The van der Waals surface area contributed by atoms with E-state index in [2.05, 4.69) is 0 Å². The lowest BCUT2D eigenvalue weighted by Crippen LogP contribution is -2.32. The summed E-state index contributed by atoms with van der Waals surface area (Å²) in [5, 5.41) is 0. The Hall–Kier alpha value is -1.45. The number of nitrogens with zero attached hydrogens (tertiary/aromatic N) is 1. The van der Waals surface area contributed by atoms with Crippen LogP contribution in [0.4, 0.5) is 0 Å². The minimum absolute atomic E-state index is 0.0972. The smallest absolute Gasteiger partial charge is 0.253 e. The number of Topliss-reactive ketones (excluding diaryl/α,β-unsaturated/α-hetero) is 1. The van der Waals surface area contributed by atoms with Gasteiger partial charge in [-0.1, -0.05) is 6.92 Å². The maximum absolute atomic E-state index is 11.1. The lowest BCUT2D eigenvalue weighted by atomic mass is 10.2. The molecular weight excluding hydrogens is 182 g/mol. The Labute approximate surface area is 82.6 Å². The number of hydrogen-bond acceptors (Lipinski definition) is 3. The third-order valence-electron chi connectivity index (χ3n) is 2.04. The van der Waals surface area contributed by atoms with E-state index in [-0.39, 0.29) is 30.6 Å². The first kappa shape index (κ1) is 10.6. The monoisotopic (exact) mass is 195 g/mol. The van der Waals surface area contributed by atoms with Gasteiger partial charge in [0, 0.05) is 31.5 Å². The summed E-state index contributed by atoms with van der Waals surface area (Å²) in [5.41, 5.74) is 0. The zero-order valence-electron chi connectivity index (χ0n) is 8.16. The molecule has 1 rings (SSSR count). The van der Waals surface area contributed by atoms with Gasteiger partial charge in [0.25, 0.3) is 11.8 Å². The second-order valence-electron chi connectivity index (χ2n) is 3.20. The molecule has 0 atom stereocenters. The van der Waals surface area contributed by atoms with E-state index in [0.717, 1.165) is 11.3 Å². The van der Waals surface area contributed by atoms with Gasteiger partial charge in [-0.3, -0.25) is 19.3 Å². The Bertz CT molecular complexity index is 276. The molecule has 0 N–H and O–H groups in total. The average molecular weight is 195 g/mol. The van der Waals surface area contributed by atoms with Gasteiger partial charge in [-0.25, -0.2) is 0 Å². The van der Waals surface area contributed by atoms with Gasteiger partial charge in [0.15, 0.2) is 0 Å². The van der Waals surface area contributed by atoms with Crippen LogP contribution in [0.5, 0.6) is 0 Å². The Morgan fingerprint density at radius 2 is 1.79 bits per heavy atom. The van der Waals surface area contributed by atoms with Crippen LogP contribution in [0.25, 0.3) is 0 Å². The van der Waals surface area contributed by atoms with E-state index in [1.807, 2.05) is 6.92 Å². The van der Waals surface area contributed by atoms with Crippen molar-refractivity contribution in [3.8, 4) is 0 Å². The van der Waals surface area contributed by atoms with Crippen LogP contribution in [0.3, 0.4) is 0 Å². The van der Waals surface area contributed by atoms with Crippen molar-refractivity contribution < 1.29 is 14.4 Å². The molecular formula is C10H13NO3. The zero-order valence-corrected chi connectivity index (χ0v) is 8.16. The van der Waals surface area contributed by atoms with E-state index in [9.17, 15) is 14.4 Å². The van der Waals surface area contributed by atoms with Crippen molar-refractivity contribution >= 4 is 17.6 Å². The molecule has 4 nitrogen and oxygen atoms in total. The molecule has 0 aromatic rings. The summed E-state index contributed by atoms with van der Waals surface area (Å²) in [6.07, 6.45) is 4.05. The molecule has 0 radical (unpaired) electrons. The van der Waals surface area contributed by atoms with Crippen molar-refractivity contribution in [1.82, 2.24) is 4.90 Å². The topological polar surface area (TPSA) is 54.5 Å². The number of amides is 2. The fraction of sp³-hybridized carbons (Fsp3) is 0.500. The Morgan fingerprint density at radius 1 is 1.21 bits per heavy atom. The highest BCUT2D eigenvalue weighted by atomic mass is 16.2. The van der Waals surface area contributed by atoms with Gasteiger partial charge >= 0.3 is 0 Å². The summed E-state index contributed by atoms with van der Waals surface area (Å²) in [7, 11) is 0. The van der Waals surface area contributed by atoms with Crippen LogP contribution in [-0.4, -0.2) is 29.0 Å². The SMILES string of the molecule is CCCC(=O)CCN1C(=O)C=CC1=O. The molecule has 0 spiro atoms. The molecule has 0 unspecified atom stereocenters. The standard InChI is InChI=1S/C10H13NO3/c1-2-3-8(12)6-7-11-9(13)4-5-10(11)14/h4-5H,2-3,6-7H2,1H3. The first-order valence-electron chi connectivity index (χ1n) is 4.70. The van der Waals surface area contributed by atoms with Crippen LogP contribution in [0.2, 0.25) is 0 Å². The van der Waals surface area contributed by atoms with E-state index >= 15 is 0 Å². The van der Waals surface area contributed by atoms with Crippen LogP contribution >= 0.6 is 0 Å². The van der Waals surface area contributed by atoms with E-state index in [4.69, 9.17) is 0 Å². The first-order valence-corrected chi connectivity index (χ1v) is 4.70. The van der Waals surface area contributed by atoms with Crippen LogP contribution < -0.4 is 0 Å². The first-order chi connectivity index (χ1) is 6.65. The normalized spacial score (nSPS) is 15.4. The van der Waals surface area contributed by atoms with Gasteiger partial charge in [-0.2, -0.15) is 0 Å².